The molecule has 2 aromatic rings. The number of non-ortho nitro benzene ring substituents is 1. The first-order valence-corrected chi connectivity index (χ1v) is 9.35. The Morgan fingerprint density at radius 3 is 2.73 bits per heavy atom. The summed E-state index contributed by atoms with van der Waals surface area (Å²) in [5.74, 6) is 0.0430. The van der Waals surface area contributed by atoms with Crippen molar-refractivity contribution in [2.75, 3.05) is 39.3 Å². The zero-order valence-corrected chi connectivity index (χ0v) is 15.9. The maximum atomic E-state index is 12.8. The molecule has 7 nitrogen and oxygen atoms in total. The molecule has 0 spiro atoms. The van der Waals surface area contributed by atoms with E-state index in [1.807, 2.05) is 4.90 Å². The molecule has 4 rings (SSSR count). The molecule has 1 unspecified atom stereocenters. The van der Waals surface area contributed by atoms with Crippen LogP contribution in [-0.2, 0) is 0 Å². The van der Waals surface area contributed by atoms with Crippen LogP contribution in [0.3, 0.4) is 0 Å². The number of piperazine rings is 1. The predicted octanol–water partition coefficient (Wildman–Crippen LogP) is 2.35. The lowest BCUT2D eigenvalue weighted by atomic mass is 10.2. The molecule has 1 atom stereocenters. The Labute approximate surface area is 161 Å². The van der Waals surface area contributed by atoms with Crippen LogP contribution >= 0.6 is 23.7 Å². The van der Waals surface area contributed by atoms with Crippen LogP contribution in [0.4, 0.5) is 5.69 Å². The van der Waals surface area contributed by atoms with E-state index in [1.165, 1.54) is 23.5 Å². The number of amides is 1. The molecule has 2 aliphatic heterocycles. The number of hydrogen-bond acceptors (Lipinski definition) is 6. The first-order chi connectivity index (χ1) is 12.1. The molecule has 0 aliphatic carbocycles. The molecule has 1 aromatic heterocycles. The summed E-state index contributed by atoms with van der Waals surface area (Å²) in [4.78, 5) is 28.4. The lowest BCUT2D eigenvalue weighted by molar-refractivity contribution is -0.384. The molecule has 0 radical (unpaired) electrons. The van der Waals surface area contributed by atoms with E-state index in [4.69, 9.17) is 0 Å². The van der Waals surface area contributed by atoms with Crippen molar-refractivity contribution >= 4 is 45.4 Å². The predicted molar refractivity (Wildman–Crippen MR) is 104 cm³/mol. The van der Waals surface area contributed by atoms with E-state index in [2.05, 4.69) is 10.2 Å². The monoisotopic (exact) mass is 396 g/mol. The van der Waals surface area contributed by atoms with E-state index in [1.54, 1.807) is 12.1 Å². The van der Waals surface area contributed by atoms with Crippen molar-refractivity contribution in [3.63, 3.8) is 0 Å². The Morgan fingerprint density at radius 2 is 2.00 bits per heavy atom. The number of nitro groups is 1. The molecule has 26 heavy (non-hydrogen) atoms. The second kappa shape index (κ2) is 7.87. The van der Waals surface area contributed by atoms with Gasteiger partial charge in [0.1, 0.15) is 0 Å². The van der Waals surface area contributed by atoms with Gasteiger partial charge in [-0.15, -0.1) is 23.7 Å². The van der Waals surface area contributed by atoms with Gasteiger partial charge < -0.3 is 10.2 Å². The highest BCUT2D eigenvalue weighted by molar-refractivity contribution is 7.20. The average molecular weight is 397 g/mol. The van der Waals surface area contributed by atoms with Gasteiger partial charge in [-0.2, -0.15) is 0 Å². The molecule has 3 heterocycles. The Morgan fingerprint density at radius 1 is 1.23 bits per heavy atom. The number of fused-ring (bicyclic) bond motifs is 1. The van der Waals surface area contributed by atoms with Gasteiger partial charge in [0, 0.05) is 67.5 Å². The highest BCUT2D eigenvalue weighted by Gasteiger charge is 2.31. The fourth-order valence-electron chi connectivity index (χ4n) is 3.68. The lowest BCUT2D eigenvalue weighted by Crippen LogP contribution is -2.49. The van der Waals surface area contributed by atoms with E-state index >= 15 is 0 Å². The van der Waals surface area contributed by atoms with Gasteiger partial charge in [-0.05, 0) is 18.6 Å². The summed E-state index contributed by atoms with van der Waals surface area (Å²) in [6.45, 7) is 5.66. The van der Waals surface area contributed by atoms with Crippen molar-refractivity contribution in [1.82, 2.24) is 15.1 Å². The Bertz CT molecular complexity index is 821. The third kappa shape index (κ3) is 3.68. The molecular formula is C17H21ClN4O3S. The summed E-state index contributed by atoms with van der Waals surface area (Å²) < 4.78 is 0.909. The van der Waals surface area contributed by atoms with Crippen LogP contribution in [0.1, 0.15) is 16.1 Å². The van der Waals surface area contributed by atoms with Crippen LogP contribution in [-0.4, -0.2) is 65.9 Å². The maximum Gasteiger partial charge on any atom is 0.270 e. The fraction of sp³-hybridized carbons (Fsp3) is 0.471. The van der Waals surface area contributed by atoms with Gasteiger partial charge in [0.15, 0.2) is 0 Å². The van der Waals surface area contributed by atoms with Crippen molar-refractivity contribution < 1.29 is 9.72 Å². The van der Waals surface area contributed by atoms with Crippen molar-refractivity contribution in [2.24, 2.45) is 0 Å². The Kier molecular flexibility index (Phi) is 5.76. The Balaban J connectivity index is 0.00000196. The minimum absolute atomic E-state index is 0. The number of rotatable bonds is 3. The number of nitrogens with one attached hydrogen (secondary N) is 1. The number of likely N-dealkylation sites (tertiary alicyclic amines) is 1. The van der Waals surface area contributed by atoms with Gasteiger partial charge in [-0.25, -0.2) is 0 Å². The summed E-state index contributed by atoms with van der Waals surface area (Å²) >= 11 is 1.41. The van der Waals surface area contributed by atoms with Gasteiger partial charge in [0.25, 0.3) is 11.6 Å². The van der Waals surface area contributed by atoms with Crippen LogP contribution in [0.15, 0.2) is 24.3 Å². The van der Waals surface area contributed by atoms with E-state index in [0.29, 0.717) is 10.9 Å². The van der Waals surface area contributed by atoms with Gasteiger partial charge in [-0.1, -0.05) is 0 Å². The summed E-state index contributed by atoms with van der Waals surface area (Å²) in [6, 6.07) is 6.98. The summed E-state index contributed by atoms with van der Waals surface area (Å²) in [5, 5.41) is 15.0. The number of benzene rings is 1. The van der Waals surface area contributed by atoms with Gasteiger partial charge in [0.05, 0.1) is 9.80 Å². The first kappa shape index (κ1) is 19.0. The SMILES string of the molecule is Cl.O=C(c1cc2cc([N+](=O)[O-])ccc2s1)N1CCC(N2CCNCC2)C1. The average Bonchev–Trinajstić information content (AvgIpc) is 3.28. The largest absolute Gasteiger partial charge is 0.336 e. The van der Waals surface area contributed by atoms with E-state index in [-0.39, 0.29) is 24.0 Å². The lowest BCUT2D eigenvalue weighted by Gasteiger charge is -2.32. The number of carbonyl (C=O) groups is 1. The normalized spacial score (nSPS) is 20.9. The van der Waals surface area contributed by atoms with Crippen LogP contribution in [0, 0.1) is 10.1 Å². The zero-order valence-electron chi connectivity index (χ0n) is 14.2. The number of hydrogen-bond donors (Lipinski definition) is 1. The molecule has 1 amide bonds. The van der Waals surface area contributed by atoms with Crippen molar-refractivity contribution in [1.29, 1.82) is 0 Å². The maximum absolute atomic E-state index is 12.8. The molecule has 140 valence electrons. The van der Waals surface area contributed by atoms with Gasteiger partial charge >= 0.3 is 0 Å². The van der Waals surface area contributed by atoms with Crippen molar-refractivity contribution in [3.8, 4) is 0 Å². The van der Waals surface area contributed by atoms with Gasteiger partial charge in [0.2, 0.25) is 0 Å². The zero-order chi connectivity index (χ0) is 17.4. The molecule has 0 bridgehead atoms. The summed E-state index contributed by atoms with van der Waals surface area (Å²) in [6.07, 6.45) is 1.02. The minimum atomic E-state index is -0.406. The van der Waals surface area contributed by atoms with E-state index in [9.17, 15) is 14.9 Å². The van der Waals surface area contributed by atoms with Crippen LogP contribution in [0.5, 0.6) is 0 Å². The highest BCUT2D eigenvalue weighted by Crippen LogP contribution is 2.30. The van der Waals surface area contributed by atoms with Crippen molar-refractivity contribution in [2.45, 2.75) is 12.5 Å². The second-order valence-electron chi connectivity index (χ2n) is 6.57. The quantitative estimate of drug-likeness (QED) is 0.636. The number of halogens is 1. The first-order valence-electron chi connectivity index (χ1n) is 8.54. The minimum Gasteiger partial charge on any atom is -0.336 e. The molecule has 2 aliphatic rings. The third-order valence-electron chi connectivity index (χ3n) is 5.04. The van der Waals surface area contributed by atoms with E-state index in [0.717, 1.165) is 55.8 Å². The van der Waals surface area contributed by atoms with Crippen LogP contribution < -0.4 is 5.32 Å². The molecule has 9 heteroatoms. The topological polar surface area (TPSA) is 78.7 Å². The van der Waals surface area contributed by atoms with Crippen LogP contribution in [0.25, 0.3) is 10.1 Å². The molecule has 1 aromatic carbocycles. The number of nitro benzene ring substituents is 1. The third-order valence-corrected chi connectivity index (χ3v) is 6.14. The fourth-order valence-corrected chi connectivity index (χ4v) is 4.69. The molecule has 2 saturated heterocycles. The summed E-state index contributed by atoms with van der Waals surface area (Å²) in [7, 11) is 0. The molecular weight excluding hydrogens is 376 g/mol. The summed E-state index contributed by atoms with van der Waals surface area (Å²) in [5.41, 5.74) is 0.0595. The molecule has 0 saturated carbocycles. The number of nitrogens with zero attached hydrogens (tertiary/aromatic N) is 3. The number of thiophene rings is 1. The Hall–Kier alpha value is -1.74. The molecule has 2 fully saturated rings. The molecule has 1 N–H and O–H groups in total. The van der Waals surface area contributed by atoms with Gasteiger partial charge in [-0.3, -0.25) is 19.8 Å². The highest BCUT2D eigenvalue weighted by atomic mass is 35.5. The van der Waals surface area contributed by atoms with Crippen LogP contribution in [0.2, 0.25) is 0 Å². The smallest absolute Gasteiger partial charge is 0.270 e. The second-order valence-corrected chi connectivity index (χ2v) is 7.65. The standard InChI is InChI=1S/C17H20N4O3S.ClH/c22-17(20-6-3-14(11-20)19-7-4-18-5-8-19)16-10-12-9-13(21(23)24)1-2-15(12)25-16;/h1-2,9-10,14,18H,3-8,11H2;1H. The number of carbonyl (C=O) groups excluding carboxylic acids is 1. The van der Waals surface area contributed by atoms with E-state index < -0.39 is 4.92 Å². The van der Waals surface area contributed by atoms with Crippen molar-refractivity contribution in [3.05, 3.63) is 39.3 Å².